The van der Waals surface area contributed by atoms with Crippen molar-refractivity contribution in [2.24, 2.45) is 0 Å². The van der Waals surface area contributed by atoms with Gasteiger partial charge in [-0.3, -0.25) is 0 Å². The van der Waals surface area contributed by atoms with E-state index in [2.05, 4.69) is 10.3 Å². The van der Waals surface area contributed by atoms with Gasteiger partial charge in [0, 0.05) is 0 Å². The first kappa shape index (κ1) is 18.6. The maximum atomic E-state index is 12.0. The van der Waals surface area contributed by atoms with Gasteiger partial charge in [0.2, 0.25) is 0 Å². The highest BCUT2D eigenvalue weighted by Crippen LogP contribution is 2.55. The Hall–Kier alpha value is -3.20. The van der Waals surface area contributed by atoms with Crippen molar-refractivity contribution in [2.75, 3.05) is 34.9 Å². The van der Waals surface area contributed by atoms with Crippen LogP contribution in [0.25, 0.3) is 0 Å². The van der Waals surface area contributed by atoms with Gasteiger partial charge >= 0.3 is 6.09 Å². The number of benzene rings is 1. The van der Waals surface area contributed by atoms with Gasteiger partial charge in [0.25, 0.3) is 0 Å². The minimum Gasteiger partial charge on any atom is -0.491 e. The van der Waals surface area contributed by atoms with Gasteiger partial charge in [0.15, 0.2) is 11.6 Å². The van der Waals surface area contributed by atoms with E-state index in [0.717, 1.165) is 0 Å². The SMILES string of the molecule is CCOC(=O)N1c2nc(N)c(N)c(NC(C)C(O)COc3ccccc3)c21. The molecule has 9 nitrogen and oxygen atoms in total. The van der Waals surface area contributed by atoms with E-state index < -0.39 is 18.2 Å². The molecule has 1 aromatic carbocycles. The Balaban J connectivity index is 1.69. The zero-order chi connectivity index (χ0) is 19.6. The molecule has 144 valence electrons. The Morgan fingerprint density at radius 3 is 2.70 bits per heavy atom. The van der Waals surface area contributed by atoms with Crippen LogP contribution in [0.1, 0.15) is 13.8 Å². The molecule has 1 aliphatic heterocycles. The molecule has 1 aliphatic rings. The number of carbonyl (C=O) groups is 1. The molecule has 2 heterocycles. The number of rotatable bonds is 7. The monoisotopic (exact) mass is 373 g/mol. The summed E-state index contributed by atoms with van der Waals surface area (Å²) in [5.41, 5.74) is 13.0. The summed E-state index contributed by atoms with van der Waals surface area (Å²) in [4.78, 5) is 17.4. The number of anilines is 5. The summed E-state index contributed by atoms with van der Waals surface area (Å²) in [6.07, 6.45) is -1.38. The molecule has 0 aliphatic carbocycles. The zero-order valence-corrected chi connectivity index (χ0v) is 15.2. The van der Waals surface area contributed by atoms with Crippen LogP contribution in [0.4, 0.5) is 33.5 Å². The lowest BCUT2D eigenvalue weighted by molar-refractivity contribution is 0.0953. The summed E-state index contributed by atoms with van der Waals surface area (Å²) < 4.78 is 10.6. The Labute approximate surface area is 156 Å². The molecule has 0 bridgehead atoms. The predicted octanol–water partition coefficient (Wildman–Crippen LogP) is 2.09. The number of aromatic nitrogens is 1. The fraction of sp³-hybridized carbons (Fsp3) is 0.333. The molecule has 9 heteroatoms. The number of para-hydroxylation sites is 1. The fourth-order valence-electron chi connectivity index (χ4n) is 2.59. The number of nitrogens with one attached hydrogen (secondary N) is 1. The lowest BCUT2D eigenvalue weighted by Gasteiger charge is -2.22. The van der Waals surface area contributed by atoms with Gasteiger partial charge in [-0.05, 0) is 26.0 Å². The Morgan fingerprint density at radius 2 is 2.04 bits per heavy atom. The summed E-state index contributed by atoms with van der Waals surface area (Å²) in [5, 5.41) is 13.5. The van der Waals surface area contributed by atoms with Gasteiger partial charge in [-0.25, -0.2) is 14.7 Å². The van der Waals surface area contributed by atoms with Crippen molar-refractivity contribution in [1.29, 1.82) is 0 Å². The van der Waals surface area contributed by atoms with Crippen LogP contribution in [-0.2, 0) is 4.74 Å². The summed E-state index contributed by atoms with van der Waals surface area (Å²) in [6, 6.07) is 8.78. The van der Waals surface area contributed by atoms with Crippen molar-refractivity contribution >= 4 is 34.8 Å². The third-order valence-corrected chi connectivity index (χ3v) is 4.17. The van der Waals surface area contributed by atoms with E-state index in [-0.39, 0.29) is 24.7 Å². The van der Waals surface area contributed by atoms with E-state index in [9.17, 15) is 9.90 Å². The van der Waals surface area contributed by atoms with Gasteiger partial charge in [-0.15, -0.1) is 0 Å². The second-order valence-corrected chi connectivity index (χ2v) is 6.12. The number of ether oxygens (including phenoxy) is 2. The molecule has 1 amide bonds. The van der Waals surface area contributed by atoms with Crippen LogP contribution in [-0.4, -0.2) is 41.5 Å². The first-order valence-electron chi connectivity index (χ1n) is 8.62. The number of amides is 1. The molecule has 1 aromatic heterocycles. The molecule has 27 heavy (non-hydrogen) atoms. The van der Waals surface area contributed by atoms with Crippen molar-refractivity contribution in [3.05, 3.63) is 30.3 Å². The van der Waals surface area contributed by atoms with Crippen molar-refractivity contribution in [2.45, 2.75) is 26.0 Å². The summed E-state index contributed by atoms with van der Waals surface area (Å²) in [6.45, 7) is 3.82. The number of fused-ring (bicyclic) bond motifs is 1. The molecule has 0 saturated heterocycles. The largest absolute Gasteiger partial charge is 0.491 e. The number of nitrogens with zero attached hydrogens (tertiary/aromatic N) is 2. The molecular weight excluding hydrogens is 350 g/mol. The second-order valence-electron chi connectivity index (χ2n) is 6.12. The molecule has 3 rings (SSSR count). The van der Waals surface area contributed by atoms with E-state index >= 15 is 0 Å². The third kappa shape index (κ3) is 3.82. The lowest BCUT2D eigenvalue weighted by Crippen LogP contribution is -2.35. The van der Waals surface area contributed by atoms with Crippen LogP contribution < -0.4 is 26.4 Å². The topological polar surface area (TPSA) is 136 Å². The number of hydrogen-bond donors (Lipinski definition) is 4. The molecule has 2 atom stereocenters. The zero-order valence-electron chi connectivity index (χ0n) is 15.2. The Kier molecular flexibility index (Phi) is 5.22. The van der Waals surface area contributed by atoms with Crippen molar-refractivity contribution in [3.8, 4) is 5.75 Å². The lowest BCUT2D eigenvalue weighted by atomic mass is 10.2. The van der Waals surface area contributed by atoms with Gasteiger partial charge < -0.3 is 31.4 Å². The van der Waals surface area contributed by atoms with Crippen molar-refractivity contribution in [1.82, 2.24) is 4.98 Å². The molecule has 6 N–H and O–H groups in total. The van der Waals surface area contributed by atoms with Crippen LogP contribution >= 0.6 is 0 Å². The summed E-state index contributed by atoms with van der Waals surface area (Å²) >= 11 is 0. The number of pyridine rings is 1. The van der Waals surface area contributed by atoms with Crippen LogP contribution in [0.5, 0.6) is 5.75 Å². The molecule has 0 spiro atoms. The van der Waals surface area contributed by atoms with Crippen LogP contribution in [0.2, 0.25) is 0 Å². The number of hydrogen-bond acceptors (Lipinski definition) is 8. The molecule has 0 saturated carbocycles. The normalized spacial score (nSPS) is 14.1. The fourth-order valence-corrected chi connectivity index (χ4v) is 2.59. The summed E-state index contributed by atoms with van der Waals surface area (Å²) in [7, 11) is 0. The summed E-state index contributed by atoms with van der Waals surface area (Å²) in [5.74, 6) is 1.16. The molecule has 0 fully saturated rings. The smallest absolute Gasteiger partial charge is 0.420 e. The average Bonchev–Trinajstić information content (AvgIpc) is 3.37. The van der Waals surface area contributed by atoms with Crippen LogP contribution in [0.3, 0.4) is 0 Å². The van der Waals surface area contributed by atoms with E-state index in [4.69, 9.17) is 20.9 Å². The van der Waals surface area contributed by atoms with E-state index in [0.29, 0.717) is 22.9 Å². The molecule has 0 radical (unpaired) electrons. The van der Waals surface area contributed by atoms with E-state index in [1.165, 1.54) is 4.90 Å². The quantitative estimate of drug-likeness (QED) is 0.542. The maximum Gasteiger partial charge on any atom is 0.420 e. The number of aliphatic hydroxyl groups excluding tert-OH is 1. The van der Waals surface area contributed by atoms with Gasteiger partial charge in [-0.2, -0.15) is 0 Å². The van der Waals surface area contributed by atoms with Crippen molar-refractivity contribution < 1.29 is 19.4 Å². The Morgan fingerprint density at radius 1 is 1.33 bits per heavy atom. The van der Waals surface area contributed by atoms with Gasteiger partial charge in [-0.1, -0.05) is 18.2 Å². The second kappa shape index (κ2) is 7.58. The average molecular weight is 373 g/mol. The molecular formula is C18H23N5O4. The van der Waals surface area contributed by atoms with Gasteiger partial charge in [0.05, 0.1) is 18.3 Å². The van der Waals surface area contributed by atoms with Crippen LogP contribution in [0, 0.1) is 0 Å². The minimum atomic E-state index is -0.829. The number of aliphatic hydroxyl groups is 1. The molecule has 2 unspecified atom stereocenters. The maximum absolute atomic E-state index is 12.0. The van der Waals surface area contributed by atoms with Gasteiger partial charge in [0.1, 0.15) is 29.8 Å². The Bertz CT molecular complexity index is 830. The van der Waals surface area contributed by atoms with Crippen LogP contribution in [0.15, 0.2) is 30.3 Å². The number of nitrogen functional groups attached to an aromatic ring is 2. The predicted molar refractivity (Wildman–Crippen MR) is 103 cm³/mol. The van der Waals surface area contributed by atoms with E-state index in [1.54, 1.807) is 13.8 Å². The first-order chi connectivity index (χ1) is 12.9. The standard InChI is InChI=1S/C18H23N5O4/c1-3-26-18(25)23-15-14(13(19)16(20)22-17(15)23)21-10(2)12(24)9-27-11-7-5-4-6-8-11/h4-8,10,12,24H,3,9,19H2,1-2H3,(H3,20,21,22). The van der Waals surface area contributed by atoms with E-state index in [1.807, 2.05) is 30.3 Å². The third-order valence-electron chi connectivity index (χ3n) is 4.17. The van der Waals surface area contributed by atoms with Crippen molar-refractivity contribution in [3.63, 3.8) is 0 Å². The minimum absolute atomic E-state index is 0.0857. The number of carbonyl (C=O) groups excluding carboxylic acids is 1. The highest BCUT2D eigenvalue weighted by molar-refractivity contribution is 6.19. The number of nitrogens with two attached hydrogens (primary N) is 2. The highest BCUT2D eigenvalue weighted by atomic mass is 16.6. The highest BCUT2D eigenvalue weighted by Gasteiger charge is 2.43. The first-order valence-corrected chi connectivity index (χ1v) is 8.62. The molecule has 2 aromatic rings.